The highest BCUT2D eigenvalue weighted by Gasteiger charge is 2.09. The molecule has 0 aromatic heterocycles. The number of ether oxygens (including phenoxy) is 1. The summed E-state index contributed by atoms with van der Waals surface area (Å²) in [6, 6.07) is 7.40. The van der Waals surface area contributed by atoms with E-state index >= 15 is 0 Å². The van der Waals surface area contributed by atoms with Crippen molar-refractivity contribution in [3.8, 4) is 5.75 Å². The van der Waals surface area contributed by atoms with Gasteiger partial charge in [-0.15, -0.1) is 0 Å². The quantitative estimate of drug-likeness (QED) is 0.810. The van der Waals surface area contributed by atoms with Gasteiger partial charge >= 0.3 is 0 Å². The van der Waals surface area contributed by atoms with Crippen molar-refractivity contribution in [2.24, 2.45) is 11.7 Å². The Labute approximate surface area is 109 Å². The van der Waals surface area contributed by atoms with Gasteiger partial charge in [0.2, 0.25) is 0 Å². The van der Waals surface area contributed by atoms with Crippen LogP contribution in [0.4, 0.5) is 0 Å². The molecule has 1 amide bonds. The van der Waals surface area contributed by atoms with Crippen LogP contribution < -0.4 is 15.8 Å². The van der Waals surface area contributed by atoms with Crippen LogP contribution in [0.5, 0.6) is 5.75 Å². The van der Waals surface area contributed by atoms with Crippen molar-refractivity contribution in [3.63, 3.8) is 0 Å². The highest BCUT2D eigenvalue weighted by atomic mass is 16.5. The molecule has 4 heteroatoms. The Hall–Kier alpha value is -1.55. The SMILES string of the molecule is CC(C)CNC(=O)COc1ccccc1[C@@H](C)N. The van der Waals surface area contributed by atoms with E-state index in [1.54, 1.807) is 0 Å². The standard InChI is InChI=1S/C14H22N2O2/c1-10(2)8-16-14(17)9-18-13-7-5-4-6-12(13)11(3)15/h4-7,10-11H,8-9,15H2,1-3H3,(H,16,17)/t11-/m1/s1. The van der Waals surface area contributed by atoms with E-state index < -0.39 is 0 Å². The van der Waals surface area contributed by atoms with Crippen LogP contribution in [0.2, 0.25) is 0 Å². The van der Waals surface area contributed by atoms with Gasteiger partial charge in [-0.3, -0.25) is 4.79 Å². The molecule has 0 aliphatic heterocycles. The summed E-state index contributed by atoms with van der Waals surface area (Å²) in [4.78, 5) is 11.5. The monoisotopic (exact) mass is 250 g/mol. The first kappa shape index (κ1) is 14.5. The van der Waals surface area contributed by atoms with Crippen LogP contribution in [0, 0.1) is 5.92 Å². The van der Waals surface area contributed by atoms with Gasteiger partial charge in [-0.1, -0.05) is 32.0 Å². The zero-order chi connectivity index (χ0) is 13.5. The fraction of sp³-hybridized carbons (Fsp3) is 0.500. The molecule has 1 rings (SSSR count). The molecule has 0 bridgehead atoms. The Bertz CT molecular complexity index is 389. The third-order valence-corrected chi connectivity index (χ3v) is 2.48. The molecule has 0 fully saturated rings. The molecule has 0 aliphatic rings. The van der Waals surface area contributed by atoms with E-state index in [0.717, 1.165) is 5.56 Å². The summed E-state index contributed by atoms with van der Waals surface area (Å²) in [5.41, 5.74) is 6.75. The molecule has 3 N–H and O–H groups in total. The largest absolute Gasteiger partial charge is 0.483 e. The maximum atomic E-state index is 11.5. The average molecular weight is 250 g/mol. The van der Waals surface area contributed by atoms with Crippen LogP contribution in [-0.2, 0) is 4.79 Å². The van der Waals surface area contributed by atoms with Gasteiger partial charge in [0, 0.05) is 18.2 Å². The second-order valence-electron chi connectivity index (χ2n) is 4.81. The van der Waals surface area contributed by atoms with E-state index in [2.05, 4.69) is 5.32 Å². The molecule has 4 nitrogen and oxygen atoms in total. The fourth-order valence-electron chi connectivity index (χ4n) is 1.50. The van der Waals surface area contributed by atoms with Crippen LogP contribution in [0.25, 0.3) is 0 Å². The minimum atomic E-state index is -0.111. The Balaban J connectivity index is 2.50. The van der Waals surface area contributed by atoms with Gasteiger partial charge < -0.3 is 15.8 Å². The summed E-state index contributed by atoms with van der Waals surface area (Å²) in [6.07, 6.45) is 0. The summed E-state index contributed by atoms with van der Waals surface area (Å²) in [5, 5.41) is 2.81. The number of hydrogen-bond donors (Lipinski definition) is 2. The second-order valence-corrected chi connectivity index (χ2v) is 4.81. The predicted molar refractivity (Wildman–Crippen MR) is 72.4 cm³/mol. The van der Waals surface area contributed by atoms with Gasteiger partial charge in [0.05, 0.1) is 0 Å². The van der Waals surface area contributed by atoms with Gasteiger partial charge in [0.1, 0.15) is 5.75 Å². The first-order chi connectivity index (χ1) is 8.50. The number of carbonyl (C=O) groups is 1. The predicted octanol–water partition coefficient (Wildman–Crippen LogP) is 1.86. The molecule has 0 aliphatic carbocycles. The lowest BCUT2D eigenvalue weighted by atomic mass is 10.1. The zero-order valence-electron chi connectivity index (χ0n) is 11.3. The maximum Gasteiger partial charge on any atom is 0.257 e. The molecule has 0 spiro atoms. The summed E-state index contributed by atoms with van der Waals surface area (Å²) in [5.74, 6) is 1.00. The highest BCUT2D eigenvalue weighted by molar-refractivity contribution is 5.77. The number of amides is 1. The summed E-state index contributed by atoms with van der Waals surface area (Å²) >= 11 is 0. The lowest BCUT2D eigenvalue weighted by molar-refractivity contribution is -0.123. The Morgan fingerprint density at radius 2 is 2.00 bits per heavy atom. The van der Waals surface area contributed by atoms with Crippen molar-refractivity contribution in [1.82, 2.24) is 5.32 Å². The molecule has 0 unspecified atom stereocenters. The van der Waals surface area contributed by atoms with Crippen molar-refractivity contribution < 1.29 is 9.53 Å². The normalized spacial score (nSPS) is 12.3. The molecule has 1 aromatic carbocycles. The summed E-state index contributed by atoms with van der Waals surface area (Å²) in [7, 11) is 0. The number of rotatable bonds is 6. The molecule has 0 heterocycles. The molecule has 1 aromatic rings. The van der Waals surface area contributed by atoms with Gasteiger partial charge in [0.25, 0.3) is 5.91 Å². The molecule has 1 atom stereocenters. The minimum absolute atomic E-state index is 0.0243. The molecule has 18 heavy (non-hydrogen) atoms. The van der Waals surface area contributed by atoms with Crippen molar-refractivity contribution in [2.75, 3.05) is 13.2 Å². The minimum Gasteiger partial charge on any atom is -0.483 e. The van der Waals surface area contributed by atoms with E-state index in [1.165, 1.54) is 0 Å². The molecule has 0 saturated carbocycles. The van der Waals surface area contributed by atoms with Crippen LogP contribution in [0.3, 0.4) is 0 Å². The number of nitrogens with two attached hydrogens (primary N) is 1. The van der Waals surface area contributed by atoms with Crippen molar-refractivity contribution >= 4 is 5.91 Å². The van der Waals surface area contributed by atoms with Crippen molar-refractivity contribution in [3.05, 3.63) is 29.8 Å². The van der Waals surface area contributed by atoms with Crippen LogP contribution in [-0.4, -0.2) is 19.1 Å². The van der Waals surface area contributed by atoms with Gasteiger partial charge in [-0.05, 0) is 18.9 Å². The zero-order valence-corrected chi connectivity index (χ0v) is 11.3. The van der Waals surface area contributed by atoms with Crippen molar-refractivity contribution in [2.45, 2.75) is 26.8 Å². The highest BCUT2D eigenvalue weighted by Crippen LogP contribution is 2.22. The number of nitrogens with one attached hydrogen (secondary N) is 1. The Morgan fingerprint density at radius 3 is 2.61 bits per heavy atom. The van der Waals surface area contributed by atoms with Crippen LogP contribution in [0.15, 0.2) is 24.3 Å². The van der Waals surface area contributed by atoms with Gasteiger partial charge in [-0.25, -0.2) is 0 Å². The second kappa shape index (κ2) is 7.01. The van der Waals surface area contributed by atoms with Gasteiger partial charge in [-0.2, -0.15) is 0 Å². The van der Waals surface area contributed by atoms with E-state index in [9.17, 15) is 4.79 Å². The number of carbonyl (C=O) groups excluding carboxylic acids is 1. The van der Waals surface area contributed by atoms with E-state index in [0.29, 0.717) is 18.2 Å². The fourth-order valence-corrected chi connectivity index (χ4v) is 1.50. The summed E-state index contributed by atoms with van der Waals surface area (Å²) in [6.45, 7) is 6.67. The first-order valence-corrected chi connectivity index (χ1v) is 6.24. The van der Waals surface area contributed by atoms with Crippen LogP contribution in [0.1, 0.15) is 32.4 Å². The number of hydrogen-bond acceptors (Lipinski definition) is 3. The van der Waals surface area contributed by atoms with E-state index in [1.807, 2.05) is 45.0 Å². The molecular formula is C14H22N2O2. The summed E-state index contributed by atoms with van der Waals surface area (Å²) < 4.78 is 5.50. The molecule has 0 radical (unpaired) electrons. The molecule has 100 valence electrons. The van der Waals surface area contributed by atoms with Crippen LogP contribution >= 0.6 is 0 Å². The van der Waals surface area contributed by atoms with Gasteiger partial charge in [0.15, 0.2) is 6.61 Å². The Morgan fingerprint density at radius 1 is 1.33 bits per heavy atom. The molecular weight excluding hydrogens is 228 g/mol. The van der Waals surface area contributed by atoms with E-state index in [-0.39, 0.29) is 18.6 Å². The Kier molecular flexibility index (Phi) is 5.65. The maximum absolute atomic E-state index is 11.5. The smallest absolute Gasteiger partial charge is 0.257 e. The van der Waals surface area contributed by atoms with Crippen molar-refractivity contribution in [1.29, 1.82) is 0 Å². The van der Waals surface area contributed by atoms with E-state index in [4.69, 9.17) is 10.5 Å². The third-order valence-electron chi connectivity index (χ3n) is 2.48. The average Bonchev–Trinajstić information content (AvgIpc) is 2.34. The topological polar surface area (TPSA) is 64.3 Å². The molecule has 0 saturated heterocycles. The third kappa shape index (κ3) is 4.75. The lowest BCUT2D eigenvalue weighted by Gasteiger charge is -2.14. The number of para-hydroxylation sites is 1. The lowest BCUT2D eigenvalue weighted by Crippen LogP contribution is -2.31. The first-order valence-electron chi connectivity index (χ1n) is 6.24. The number of benzene rings is 1.